The second kappa shape index (κ2) is 8.61. The molecular formula is C24H23Cl2N5O3. The van der Waals surface area contributed by atoms with Crippen LogP contribution in [-0.4, -0.2) is 30.4 Å². The van der Waals surface area contributed by atoms with Gasteiger partial charge in [0.05, 0.1) is 16.6 Å². The Morgan fingerprint density at radius 3 is 2.53 bits per heavy atom. The molecule has 1 atom stereocenters. The predicted octanol–water partition coefficient (Wildman–Crippen LogP) is 3.24. The van der Waals surface area contributed by atoms with E-state index in [0.29, 0.717) is 32.7 Å². The largest absolute Gasteiger partial charge is 0.396 e. The van der Waals surface area contributed by atoms with Crippen molar-refractivity contribution in [3.63, 3.8) is 0 Å². The van der Waals surface area contributed by atoms with Gasteiger partial charge in [0.15, 0.2) is 11.2 Å². The molecule has 0 aliphatic heterocycles. The van der Waals surface area contributed by atoms with Crippen molar-refractivity contribution in [2.24, 2.45) is 20.0 Å². The van der Waals surface area contributed by atoms with E-state index >= 15 is 0 Å². The molecule has 0 fully saturated rings. The lowest BCUT2D eigenvalue weighted by Crippen LogP contribution is -2.39. The summed E-state index contributed by atoms with van der Waals surface area (Å²) in [6.45, 7) is 0.230. The Kier molecular flexibility index (Phi) is 5.75. The molecule has 34 heavy (non-hydrogen) atoms. The number of rotatable bonds is 5. The van der Waals surface area contributed by atoms with Gasteiger partial charge in [0, 0.05) is 26.4 Å². The number of aryl methyl sites for hydroxylation is 2. The molecule has 1 unspecified atom stereocenters. The van der Waals surface area contributed by atoms with Crippen LogP contribution in [0.15, 0.2) is 46.0 Å². The summed E-state index contributed by atoms with van der Waals surface area (Å²) < 4.78 is 4.19. The van der Waals surface area contributed by atoms with E-state index in [2.05, 4.69) is 16.4 Å². The molecule has 5 rings (SSSR count). The molecule has 176 valence electrons. The van der Waals surface area contributed by atoms with E-state index in [-0.39, 0.29) is 19.1 Å². The van der Waals surface area contributed by atoms with Crippen molar-refractivity contribution < 1.29 is 5.11 Å². The predicted molar refractivity (Wildman–Crippen MR) is 133 cm³/mol. The summed E-state index contributed by atoms with van der Waals surface area (Å²) in [7, 11) is 3.33. The number of nitrogens with zero attached hydrogens (tertiary/aromatic N) is 4. The highest BCUT2D eigenvalue weighted by molar-refractivity contribution is 6.42. The number of anilines is 2. The molecule has 10 heteroatoms. The third kappa shape index (κ3) is 3.81. The van der Waals surface area contributed by atoms with Crippen LogP contribution < -0.4 is 16.6 Å². The summed E-state index contributed by atoms with van der Waals surface area (Å²) in [5.41, 5.74) is 3.65. The van der Waals surface area contributed by atoms with Crippen LogP contribution in [-0.2, 0) is 33.5 Å². The molecule has 0 saturated heterocycles. The molecule has 0 spiro atoms. The minimum Gasteiger partial charge on any atom is -0.396 e. The van der Waals surface area contributed by atoms with E-state index in [1.54, 1.807) is 36.9 Å². The quantitative estimate of drug-likeness (QED) is 0.439. The Morgan fingerprint density at radius 2 is 1.79 bits per heavy atom. The molecule has 2 aromatic heterocycles. The first-order chi connectivity index (χ1) is 16.3. The molecule has 2 heterocycles. The van der Waals surface area contributed by atoms with E-state index in [1.165, 1.54) is 15.7 Å². The number of aromatic nitrogens is 4. The number of imidazole rings is 1. The van der Waals surface area contributed by atoms with Gasteiger partial charge < -0.3 is 15.0 Å². The van der Waals surface area contributed by atoms with Gasteiger partial charge in [-0.2, -0.15) is 4.98 Å². The lowest BCUT2D eigenvalue weighted by molar-refractivity contribution is 0.232. The highest BCUT2D eigenvalue weighted by Gasteiger charge is 2.22. The SMILES string of the molecule is Cn1c(Nc2ccc3c(c2)CC(CO)C3)nc2c1c(=O)n(Cc1ccc(Cl)c(Cl)c1)c(=O)n2C. The third-order valence-electron chi connectivity index (χ3n) is 6.42. The van der Waals surface area contributed by atoms with Gasteiger partial charge in [0.1, 0.15) is 0 Å². The van der Waals surface area contributed by atoms with Crippen LogP contribution in [0, 0.1) is 5.92 Å². The minimum absolute atomic E-state index is 0.0587. The molecule has 2 aromatic carbocycles. The van der Waals surface area contributed by atoms with Crippen LogP contribution in [0.4, 0.5) is 11.6 Å². The summed E-state index contributed by atoms with van der Waals surface area (Å²) >= 11 is 12.1. The number of hydrogen-bond donors (Lipinski definition) is 2. The normalized spacial score (nSPS) is 15.1. The monoisotopic (exact) mass is 499 g/mol. The highest BCUT2D eigenvalue weighted by Crippen LogP contribution is 2.30. The smallest absolute Gasteiger partial charge is 0.332 e. The van der Waals surface area contributed by atoms with Gasteiger partial charge in [-0.25, -0.2) is 4.79 Å². The van der Waals surface area contributed by atoms with Crippen molar-refractivity contribution in [3.8, 4) is 0 Å². The maximum absolute atomic E-state index is 13.3. The topological polar surface area (TPSA) is 94.1 Å². The Labute approximate surface area is 205 Å². The average molecular weight is 500 g/mol. The molecular weight excluding hydrogens is 477 g/mol. The number of aliphatic hydroxyl groups excluding tert-OH is 1. The van der Waals surface area contributed by atoms with E-state index in [4.69, 9.17) is 23.2 Å². The van der Waals surface area contributed by atoms with E-state index in [0.717, 1.165) is 23.1 Å². The van der Waals surface area contributed by atoms with Gasteiger partial charge in [-0.15, -0.1) is 0 Å². The highest BCUT2D eigenvalue weighted by atomic mass is 35.5. The number of fused-ring (bicyclic) bond motifs is 2. The lowest BCUT2D eigenvalue weighted by Gasteiger charge is -2.10. The van der Waals surface area contributed by atoms with Crippen LogP contribution in [0.3, 0.4) is 0 Å². The molecule has 0 amide bonds. The summed E-state index contributed by atoms with van der Waals surface area (Å²) in [6, 6.07) is 11.1. The maximum Gasteiger partial charge on any atom is 0.332 e. The van der Waals surface area contributed by atoms with Crippen molar-refractivity contribution in [1.29, 1.82) is 0 Å². The van der Waals surface area contributed by atoms with Gasteiger partial charge in [-0.3, -0.25) is 13.9 Å². The fourth-order valence-electron chi connectivity index (χ4n) is 4.56. The van der Waals surface area contributed by atoms with Gasteiger partial charge >= 0.3 is 5.69 Å². The van der Waals surface area contributed by atoms with Crippen molar-refractivity contribution in [1.82, 2.24) is 18.7 Å². The van der Waals surface area contributed by atoms with E-state index in [9.17, 15) is 14.7 Å². The van der Waals surface area contributed by atoms with Crippen molar-refractivity contribution in [2.45, 2.75) is 19.4 Å². The minimum atomic E-state index is -0.471. The number of hydrogen-bond acceptors (Lipinski definition) is 5. The zero-order chi connectivity index (χ0) is 24.1. The summed E-state index contributed by atoms with van der Waals surface area (Å²) in [5, 5.41) is 13.5. The molecule has 1 aliphatic rings. The van der Waals surface area contributed by atoms with Gasteiger partial charge in [-0.05, 0) is 59.7 Å². The van der Waals surface area contributed by atoms with Crippen LogP contribution in [0.5, 0.6) is 0 Å². The molecule has 1 aliphatic carbocycles. The number of aliphatic hydroxyl groups is 1. The standard InChI is InChI=1S/C24H23Cl2N5O3/c1-29-20-21(28-23(29)27-17-5-4-15-7-14(12-32)8-16(15)10-17)30(2)24(34)31(22(20)33)11-13-3-6-18(25)19(26)9-13/h3-6,9-10,14,32H,7-8,11-12H2,1-2H3,(H,27,28). The first-order valence-corrected chi connectivity index (χ1v) is 11.6. The number of benzene rings is 2. The first-order valence-electron chi connectivity index (χ1n) is 10.9. The Hall–Kier alpha value is -3.07. The summed E-state index contributed by atoms with van der Waals surface area (Å²) in [6.07, 6.45) is 1.71. The van der Waals surface area contributed by atoms with Gasteiger partial charge in [0.25, 0.3) is 5.56 Å². The van der Waals surface area contributed by atoms with Crippen LogP contribution in [0.1, 0.15) is 16.7 Å². The first kappa shape index (κ1) is 22.7. The van der Waals surface area contributed by atoms with Crippen molar-refractivity contribution in [3.05, 3.63) is 84.0 Å². The van der Waals surface area contributed by atoms with E-state index < -0.39 is 11.2 Å². The molecule has 0 radical (unpaired) electrons. The summed E-state index contributed by atoms with van der Waals surface area (Å²) in [4.78, 5) is 30.9. The van der Waals surface area contributed by atoms with Gasteiger partial charge in [0.2, 0.25) is 5.95 Å². The zero-order valence-electron chi connectivity index (χ0n) is 18.7. The molecule has 4 aromatic rings. The number of halogens is 2. The number of nitrogens with one attached hydrogen (secondary N) is 1. The van der Waals surface area contributed by atoms with Crippen molar-refractivity contribution >= 4 is 46.0 Å². The Bertz CT molecular complexity index is 1550. The molecule has 2 N–H and O–H groups in total. The molecule has 8 nitrogen and oxygen atoms in total. The average Bonchev–Trinajstić information content (AvgIpc) is 3.38. The van der Waals surface area contributed by atoms with Crippen molar-refractivity contribution in [2.75, 3.05) is 11.9 Å². The van der Waals surface area contributed by atoms with Gasteiger partial charge in [-0.1, -0.05) is 35.3 Å². The van der Waals surface area contributed by atoms with E-state index in [1.807, 2.05) is 12.1 Å². The zero-order valence-corrected chi connectivity index (χ0v) is 20.2. The molecule has 0 bridgehead atoms. The maximum atomic E-state index is 13.3. The summed E-state index contributed by atoms with van der Waals surface area (Å²) in [5.74, 6) is 0.704. The van der Waals surface area contributed by atoms with Crippen LogP contribution in [0.25, 0.3) is 11.2 Å². The molecule has 0 saturated carbocycles. The second-order valence-electron chi connectivity index (χ2n) is 8.71. The van der Waals surface area contributed by atoms with Crippen LogP contribution >= 0.6 is 23.2 Å². The third-order valence-corrected chi connectivity index (χ3v) is 7.16. The lowest BCUT2D eigenvalue weighted by atomic mass is 10.1. The Morgan fingerprint density at radius 1 is 1.03 bits per heavy atom. The fourth-order valence-corrected chi connectivity index (χ4v) is 4.88. The Balaban J connectivity index is 1.54. The fraction of sp³-hybridized carbons (Fsp3) is 0.292. The van der Waals surface area contributed by atoms with Crippen LogP contribution in [0.2, 0.25) is 10.0 Å². The second-order valence-corrected chi connectivity index (χ2v) is 9.53.